The molecule has 4 aromatic rings. The van der Waals surface area contributed by atoms with Crippen molar-refractivity contribution in [3.63, 3.8) is 0 Å². The van der Waals surface area contributed by atoms with Gasteiger partial charge in [-0.2, -0.15) is 0 Å². The molecule has 0 saturated heterocycles. The first-order valence-corrected chi connectivity index (χ1v) is 7.85. The lowest BCUT2D eigenvalue weighted by Crippen LogP contribution is -2.00. The maximum Gasteiger partial charge on any atom is 0.141 e. The Labute approximate surface area is 139 Å². The summed E-state index contributed by atoms with van der Waals surface area (Å²) < 4.78 is 7.35. The second-order valence-corrected chi connectivity index (χ2v) is 5.99. The monoisotopic (exact) mass is 318 g/mol. The molecule has 0 atom stereocenters. The molecule has 0 aliphatic heterocycles. The Bertz CT molecular complexity index is 995. The van der Waals surface area contributed by atoms with Gasteiger partial charge in [0.2, 0.25) is 0 Å². The van der Waals surface area contributed by atoms with Crippen molar-refractivity contribution >= 4 is 16.7 Å². The Morgan fingerprint density at radius 2 is 1.92 bits per heavy atom. The van der Waals surface area contributed by atoms with Gasteiger partial charge in [0, 0.05) is 12.1 Å². The molecule has 2 heterocycles. The highest BCUT2D eigenvalue weighted by molar-refractivity contribution is 5.93. The van der Waals surface area contributed by atoms with Crippen molar-refractivity contribution in [1.82, 2.24) is 14.7 Å². The number of imidazole rings is 1. The SMILES string of the molecule is Cc1noc(C)c1-c1cc(N)c2c(c1)ncn2Cc1ccccc1. The molecule has 0 radical (unpaired) electrons. The molecular formula is C19H18N4O. The molecule has 0 unspecified atom stereocenters. The van der Waals surface area contributed by atoms with Crippen molar-refractivity contribution in [3.05, 3.63) is 65.8 Å². The van der Waals surface area contributed by atoms with E-state index in [-0.39, 0.29) is 0 Å². The van der Waals surface area contributed by atoms with Crippen LogP contribution in [0.15, 0.2) is 53.3 Å². The van der Waals surface area contributed by atoms with Gasteiger partial charge in [0.1, 0.15) is 5.76 Å². The van der Waals surface area contributed by atoms with Crippen molar-refractivity contribution in [2.75, 3.05) is 5.73 Å². The summed E-state index contributed by atoms with van der Waals surface area (Å²) in [6.07, 6.45) is 1.84. The zero-order valence-electron chi connectivity index (χ0n) is 13.7. The normalized spacial score (nSPS) is 11.2. The zero-order chi connectivity index (χ0) is 16.7. The van der Waals surface area contributed by atoms with Crippen molar-refractivity contribution in [1.29, 1.82) is 0 Å². The highest BCUT2D eigenvalue weighted by atomic mass is 16.5. The first-order valence-electron chi connectivity index (χ1n) is 7.85. The summed E-state index contributed by atoms with van der Waals surface area (Å²) in [5, 5.41) is 4.02. The van der Waals surface area contributed by atoms with Crippen LogP contribution >= 0.6 is 0 Å². The molecule has 0 spiro atoms. The average molecular weight is 318 g/mol. The number of fused-ring (bicyclic) bond motifs is 1. The quantitative estimate of drug-likeness (QED) is 0.581. The lowest BCUT2D eigenvalue weighted by molar-refractivity contribution is 0.393. The summed E-state index contributed by atoms with van der Waals surface area (Å²) in [4.78, 5) is 4.54. The fourth-order valence-electron chi connectivity index (χ4n) is 3.18. The summed E-state index contributed by atoms with van der Waals surface area (Å²) in [6.45, 7) is 4.58. The summed E-state index contributed by atoms with van der Waals surface area (Å²) in [5.41, 5.74) is 12.9. The van der Waals surface area contributed by atoms with Gasteiger partial charge < -0.3 is 14.8 Å². The minimum absolute atomic E-state index is 0.705. The van der Waals surface area contributed by atoms with Crippen LogP contribution in [0.3, 0.4) is 0 Å². The van der Waals surface area contributed by atoms with E-state index in [1.54, 1.807) is 0 Å². The molecule has 5 nitrogen and oxygen atoms in total. The van der Waals surface area contributed by atoms with Gasteiger partial charge in [-0.05, 0) is 37.1 Å². The number of rotatable bonds is 3. The van der Waals surface area contributed by atoms with Crippen LogP contribution in [0.25, 0.3) is 22.2 Å². The minimum atomic E-state index is 0.705. The predicted molar refractivity (Wildman–Crippen MR) is 94.7 cm³/mol. The van der Waals surface area contributed by atoms with E-state index < -0.39 is 0 Å². The highest BCUT2D eigenvalue weighted by Gasteiger charge is 2.15. The van der Waals surface area contributed by atoms with Crippen LogP contribution < -0.4 is 5.73 Å². The molecule has 120 valence electrons. The van der Waals surface area contributed by atoms with Crippen LogP contribution in [-0.4, -0.2) is 14.7 Å². The number of nitrogens with zero attached hydrogens (tertiary/aromatic N) is 3. The third-order valence-electron chi connectivity index (χ3n) is 4.26. The molecule has 2 aromatic heterocycles. The molecule has 4 rings (SSSR count). The van der Waals surface area contributed by atoms with E-state index in [2.05, 4.69) is 26.8 Å². The number of hydrogen-bond donors (Lipinski definition) is 1. The number of nitrogen functional groups attached to an aromatic ring is 1. The van der Waals surface area contributed by atoms with Crippen LogP contribution in [0.5, 0.6) is 0 Å². The molecule has 2 aromatic carbocycles. The molecular weight excluding hydrogens is 300 g/mol. The maximum absolute atomic E-state index is 6.35. The number of aryl methyl sites for hydroxylation is 2. The number of hydrogen-bond acceptors (Lipinski definition) is 4. The highest BCUT2D eigenvalue weighted by Crippen LogP contribution is 2.32. The Kier molecular flexibility index (Phi) is 3.34. The standard InChI is InChI=1S/C19H18N4O/c1-12-18(13(2)24-22-12)15-8-16(20)19-17(9-15)21-11-23(19)10-14-6-4-3-5-7-14/h3-9,11H,10,20H2,1-2H3. The van der Waals surface area contributed by atoms with E-state index >= 15 is 0 Å². The number of nitrogens with two attached hydrogens (primary N) is 1. The van der Waals surface area contributed by atoms with E-state index in [1.807, 2.05) is 50.5 Å². The second kappa shape index (κ2) is 5.53. The first-order chi connectivity index (χ1) is 11.6. The van der Waals surface area contributed by atoms with Gasteiger partial charge in [0.15, 0.2) is 0 Å². The van der Waals surface area contributed by atoms with Crippen LogP contribution in [-0.2, 0) is 6.54 Å². The second-order valence-electron chi connectivity index (χ2n) is 5.99. The molecule has 5 heteroatoms. The summed E-state index contributed by atoms with van der Waals surface area (Å²) in [5.74, 6) is 0.787. The molecule has 0 fully saturated rings. The zero-order valence-corrected chi connectivity index (χ0v) is 13.7. The number of anilines is 1. The Balaban J connectivity index is 1.81. The smallest absolute Gasteiger partial charge is 0.141 e. The Morgan fingerprint density at radius 1 is 1.12 bits per heavy atom. The topological polar surface area (TPSA) is 69.9 Å². The van der Waals surface area contributed by atoms with Crippen molar-refractivity contribution < 1.29 is 4.52 Å². The lowest BCUT2D eigenvalue weighted by Gasteiger charge is -2.08. The molecule has 24 heavy (non-hydrogen) atoms. The molecule has 0 aliphatic carbocycles. The van der Waals surface area contributed by atoms with Crippen LogP contribution in [0.1, 0.15) is 17.0 Å². The minimum Gasteiger partial charge on any atom is -0.397 e. The summed E-state index contributed by atoms with van der Waals surface area (Å²) in [6, 6.07) is 14.3. The van der Waals surface area contributed by atoms with Gasteiger partial charge in [-0.3, -0.25) is 0 Å². The molecule has 0 bridgehead atoms. The number of aromatic nitrogens is 3. The predicted octanol–water partition coefficient (Wildman–Crippen LogP) is 3.94. The van der Waals surface area contributed by atoms with Crippen LogP contribution in [0.4, 0.5) is 5.69 Å². The Hall–Kier alpha value is -3.08. The van der Waals surface area contributed by atoms with E-state index in [0.717, 1.165) is 40.2 Å². The molecule has 0 amide bonds. The first kappa shape index (κ1) is 14.5. The van der Waals surface area contributed by atoms with E-state index in [1.165, 1.54) is 5.56 Å². The van der Waals surface area contributed by atoms with E-state index in [4.69, 9.17) is 10.3 Å². The van der Waals surface area contributed by atoms with Crippen LogP contribution in [0, 0.1) is 13.8 Å². The van der Waals surface area contributed by atoms with E-state index in [9.17, 15) is 0 Å². The van der Waals surface area contributed by atoms with Gasteiger partial charge in [-0.1, -0.05) is 35.5 Å². The summed E-state index contributed by atoms with van der Waals surface area (Å²) in [7, 11) is 0. The van der Waals surface area contributed by atoms with Crippen molar-refractivity contribution in [3.8, 4) is 11.1 Å². The van der Waals surface area contributed by atoms with Gasteiger partial charge >= 0.3 is 0 Å². The average Bonchev–Trinajstić information content (AvgIpc) is 3.12. The maximum atomic E-state index is 6.35. The van der Waals surface area contributed by atoms with Gasteiger partial charge in [0.05, 0.1) is 28.7 Å². The fraction of sp³-hybridized carbons (Fsp3) is 0.158. The fourth-order valence-corrected chi connectivity index (χ4v) is 3.18. The van der Waals surface area contributed by atoms with Crippen molar-refractivity contribution in [2.24, 2.45) is 0 Å². The van der Waals surface area contributed by atoms with E-state index in [0.29, 0.717) is 5.69 Å². The molecule has 0 saturated carbocycles. The van der Waals surface area contributed by atoms with Crippen LogP contribution in [0.2, 0.25) is 0 Å². The number of benzene rings is 2. The third kappa shape index (κ3) is 2.34. The largest absolute Gasteiger partial charge is 0.397 e. The molecule has 2 N–H and O–H groups in total. The van der Waals surface area contributed by atoms with Gasteiger partial charge in [0.25, 0.3) is 0 Å². The summed E-state index contributed by atoms with van der Waals surface area (Å²) >= 11 is 0. The Morgan fingerprint density at radius 3 is 2.62 bits per heavy atom. The van der Waals surface area contributed by atoms with Crippen molar-refractivity contribution in [2.45, 2.75) is 20.4 Å². The molecule has 0 aliphatic rings. The lowest BCUT2D eigenvalue weighted by atomic mass is 10.0. The van der Waals surface area contributed by atoms with Gasteiger partial charge in [-0.25, -0.2) is 4.98 Å². The van der Waals surface area contributed by atoms with Gasteiger partial charge in [-0.15, -0.1) is 0 Å². The third-order valence-corrected chi connectivity index (χ3v) is 4.26.